The number of halogens is 1. The van der Waals surface area contributed by atoms with E-state index in [0.717, 1.165) is 16.6 Å². The van der Waals surface area contributed by atoms with Gasteiger partial charge in [-0.1, -0.05) is 35.9 Å². The van der Waals surface area contributed by atoms with Crippen molar-refractivity contribution in [1.82, 2.24) is 0 Å². The molecular weight excluding hydrogens is 248 g/mol. The molecule has 0 amide bonds. The largest absolute Gasteiger partial charge is 0.463 e. The van der Waals surface area contributed by atoms with Gasteiger partial charge in [-0.2, -0.15) is 0 Å². The number of fused-ring (bicyclic) bond motifs is 1. The zero-order chi connectivity index (χ0) is 12.5. The molecule has 0 atom stereocenters. The highest BCUT2D eigenvalue weighted by molar-refractivity contribution is 6.35. The normalized spacial score (nSPS) is 14.4. The minimum atomic E-state index is 0.547. The van der Waals surface area contributed by atoms with Crippen LogP contribution in [0.25, 0.3) is 10.8 Å². The van der Waals surface area contributed by atoms with E-state index in [1.807, 2.05) is 24.3 Å². The molecule has 0 saturated heterocycles. The molecule has 1 N–H and O–H groups in total. The van der Waals surface area contributed by atoms with E-state index in [2.05, 4.69) is 23.3 Å². The molecule has 0 fully saturated rings. The van der Waals surface area contributed by atoms with Gasteiger partial charge in [0.15, 0.2) is 0 Å². The Morgan fingerprint density at radius 1 is 1.28 bits per heavy atom. The number of ether oxygens (including phenoxy) is 1. The number of hydrogen-bond donors (Lipinski definition) is 1. The van der Waals surface area contributed by atoms with Crippen molar-refractivity contribution in [2.45, 2.75) is 6.92 Å². The van der Waals surface area contributed by atoms with Gasteiger partial charge in [0.05, 0.1) is 17.3 Å². The molecule has 18 heavy (non-hydrogen) atoms. The Balaban J connectivity index is 2.15. The van der Waals surface area contributed by atoms with Crippen LogP contribution in [0, 0.1) is 6.92 Å². The van der Waals surface area contributed by atoms with Crippen molar-refractivity contribution in [3.8, 4) is 0 Å². The number of amidine groups is 1. The van der Waals surface area contributed by atoms with E-state index in [1.165, 1.54) is 5.39 Å². The minimum Gasteiger partial charge on any atom is -0.463 e. The fourth-order valence-corrected chi connectivity index (χ4v) is 2.47. The SMILES string of the molecule is Cc1cc(Cl)c(NC2=NCCO2)c2ccccc12. The Bertz CT molecular complexity index is 637. The highest BCUT2D eigenvalue weighted by atomic mass is 35.5. The summed E-state index contributed by atoms with van der Waals surface area (Å²) in [6.45, 7) is 3.38. The lowest BCUT2D eigenvalue weighted by molar-refractivity contribution is 0.346. The molecule has 0 radical (unpaired) electrons. The van der Waals surface area contributed by atoms with Gasteiger partial charge in [-0.05, 0) is 23.9 Å². The zero-order valence-corrected chi connectivity index (χ0v) is 10.8. The van der Waals surface area contributed by atoms with Gasteiger partial charge in [0.1, 0.15) is 6.61 Å². The summed E-state index contributed by atoms with van der Waals surface area (Å²) in [4.78, 5) is 4.23. The molecule has 0 unspecified atom stereocenters. The third kappa shape index (κ3) is 1.91. The Kier molecular flexibility index (Phi) is 2.84. The number of anilines is 1. The second-order valence-electron chi connectivity index (χ2n) is 4.26. The van der Waals surface area contributed by atoms with Crippen LogP contribution < -0.4 is 5.32 Å². The molecule has 3 rings (SSSR count). The van der Waals surface area contributed by atoms with Crippen LogP contribution in [0.15, 0.2) is 35.3 Å². The quantitative estimate of drug-likeness (QED) is 0.850. The Morgan fingerprint density at radius 2 is 2.06 bits per heavy atom. The van der Waals surface area contributed by atoms with Crippen molar-refractivity contribution in [3.05, 3.63) is 40.9 Å². The summed E-state index contributed by atoms with van der Waals surface area (Å²) in [5.74, 6) is 0. The zero-order valence-electron chi connectivity index (χ0n) is 10.0. The smallest absolute Gasteiger partial charge is 0.289 e. The summed E-state index contributed by atoms with van der Waals surface area (Å²) >= 11 is 6.31. The van der Waals surface area contributed by atoms with Crippen LogP contribution in [0.2, 0.25) is 5.02 Å². The van der Waals surface area contributed by atoms with Gasteiger partial charge in [0.2, 0.25) is 0 Å². The molecule has 0 aliphatic carbocycles. The van der Waals surface area contributed by atoms with Crippen LogP contribution in [0.3, 0.4) is 0 Å². The molecule has 0 spiro atoms. The lowest BCUT2D eigenvalue weighted by atomic mass is 10.0. The fraction of sp³-hybridized carbons (Fsp3) is 0.214. The molecule has 1 aliphatic rings. The number of benzene rings is 2. The monoisotopic (exact) mass is 260 g/mol. The third-order valence-corrected chi connectivity index (χ3v) is 3.32. The lowest BCUT2D eigenvalue weighted by Gasteiger charge is -2.13. The maximum atomic E-state index is 6.31. The molecule has 0 saturated carbocycles. The molecule has 0 aromatic heterocycles. The third-order valence-electron chi connectivity index (χ3n) is 3.02. The van der Waals surface area contributed by atoms with Gasteiger partial charge in [-0.3, -0.25) is 0 Å². The molecule has 2 aromatic carbocycles. The molecule has 1 heterocycles. The Hall–Kier alpha value is -1.74. The molecule has 92 valence electrons. The number of nitrogens with zero attached hydrogens (tertiary/aromatic N) is 1. The van der Waals surface area contributed by atoms with Crippen molar-refractivity contribution < 1.29 is 4.74 Å². The Morgan fingerprint density at radius 3 is 2.78 bits per heavy atom. The molecule has 0 bridgehead atoms. The number of rotatable bonds is 1. The summed E-state index contributed by atoms with van der Waals surface area (Å²) < 4.78 is 5.37. The predicted molar refractivity (Wildman–Crippen MR) is 75.6 cm³/mol. The highest BCUT2D eigenvalue weighted by Crippen LogP contribution is 2.33. The van der Waals surface area contributed by atoms with Crippen LogP contribution in [-0.2, 0) is 4.74 Å². The molecule has 4 heteroatoms. The second kappa shape index (κ2) is 4.50. The van der Waals surface area contributed by atoms with Gasteiger partial charge < -0.3 is 10.1 Å². The van der Waals surface area contributed by atoms with Crippen molar-refractivity contribution in [3.63, 3.8) is 0 Å². The Labute approximate surface area is 110 Å². The number of nitrogens with one attached hydrogen (secondary N) is 1. The van der Waals surface area contributed by atoms with Crippen LogP contribution in [0.5, 0.6) is 0 Å². The topological polar surface area (TPSA) is 33.6 Å². The molecule has 3 nitrogen and oxygen atoms in total. The maximum absolute atomic E-state index is 6.31. The van der Waals surface area contributed by atoms with Crippen molar-refractivity contribution in [2.24, 2.45) is 4.99 Å². The maximum Gasteiger partial charge on any atom is 0.289 e. The van der Waals surface area contributed by atoms with Gasteiger partial charge in [-0.15, -0.1) is 0 Å². The van der Waals surface area contributed by atoms with Crippen LogP contribution in [0.4, 0.5) is 5.69 Å². The number of hydrogen-bond acceptors (Lipinski definition) is 3. The predicted octanol–water partition coefficient (Wildman–Crippen LogP) is 3.60. The first kappa shape index (κ1) is 11.4. The highest BCUT2D eigenvalue weighted by Gasteiger charge is 2.13. The first-order valence-corrected chi connectivity index (χ1v) is 6.25. The number of aryl methyl sites for hydroxylation is 1. The van der Waals surface area contributed by atoms with E-state index in [1.54, 1.807) is 0 Å². The van der Waals surface area contributed by atoms with Crippen molar-refractivity contribution >= 4 is 34.1 Å². The summed E-state index contributed by atoms with van der Waals surface area (Å²) in [5.41, 5.74) is 2.02. The van der Waals surface area contributed by atoms with Crippen molar-refractivity contribution in [1.29, 1.82) is 0 Å². The van der Waals surface area contributed by atoms with E-state index in [4.69, 9.17) is 16.3 Å². The summed E-state index contributed by atoms with van der Waals surface area (Å²) in [6, 6.07) is 10.7. The van der Waals surface area contributed by atoms with Crippen LogP contribution in [0.1, 0.15) is 5.56 Å². The molecule has 1 aliphatic heterocycles. The lowest BCUT2D eigenvalue weighted by Crippen LogP contribution is -2.12. The van der Waals surface area contributed by atoms with Gasteiger partial charge >= 0.3 is 0 Å². The van der Waals surface area contributed by atoms with E-state index in [-0.39, 0.29) is 0 Å². The summed E-state index contributed by atoms with van der Waals surface area (Å²) in [5, 5.41) is 6.13. The van der Waals surface area contributed by atoms with E-state index >= 15 is 0 Å². The second-order valence-corrected chi connectivity index (χ2v) is 4.66. The van der Waals surface area contributed by atoms with Crippen LogP contribution in [-0.4, -0.2) is 19.2 Å². The average molecular weight is 261 g/mol. The van der Waals surface area contributed by atoms with Gasteiger partial charge in [0.25, 0.3) is 6.02 Å². The first-order chi connectivity index (χ1) is 8.75. The van der Waals surface area contributed by atoms with E-state index in [9.17, 15) is 0 Å². The first-order valence-electron chi connectivity index (χ1n) is 5.88. The summed E-state index contributed by atoms with van der Waals surface area (Å²) in [7, 11) is 0. The average Bonchev–Trinajstić information content (AvgIpc) is 2.87. The molecule has 2 aromatic rings. The summed E-state index contributed by atoms with van der Waals surface area (Å²) in [6.07, 6.45) is 0. The van der Waals surface area contributed by atoms with E-state index < -0.39 is 0 Å². The number of aliphatic imine (C=N–C) groups is 1. The van der Waals surface area contributed by atoms with Crippen LogP contribution >= 0.6 is 11.6 Å². The standard InChI is InChI=1S/C14H13ClN2O/c1-9-8-12(15)13(17-14-16-6-7-18-14)11-5-3-2-4-10(9)11/h2-5,8H,6-7H2,1H3,(H,16,17). The van der Waals surface area contributed by atoms with Gasteiger partial charge in [-0.25, -0.2) is 4.99 Å². The van der Waals surface area contributed by atoms with E-state index in [0.29, 0.717) is 24.2 Å². The molecular formula is C14H13ClN2O. The fourth-order valence-electron chi connectivity index (χ4n) is 2.16. The van der Waals surface area contributed by atoms with Gasteiger partial charge in [0, 0.05) is 5.39 Å². The van der Waals surface area contributed by atoms with Crippen molar-refractivity contribution in [2.75, 3.05) is 18.5 Å². The minimum absolute atomic E-state index is 0.547.